The number of hydrogen-bond donors (Lipinski definition) is 1. The molecule has 0 spiro atoms. The Labute approximate surface area is 263 Å². The Morgan fingerprint density at radius 3 is 2.21 bits per heavy atom. The number of sulfonamides is 1. The molecule has 3 aromatic rings. The van der Waals surface area contributed by atoms with Crippen LogP contribution in [0.15, 0.2) is 71.6 Å². The molecule has 43 heavy (non-hydrogen) atoms. The molecular formula is C31H37Cl2N3O6S. The van der Waals surface area contributed by atoms with Crippen LogP contribution in [0.25, 0.3) is 0 Å². The first-order chi connectivity index (χ1) is 20.6. The van der Waals surface area contributed by atoms with E-state index >= 15 is 0 Å². The monoisotopic (exact) mass is 649 g/mol. The number of anilines is 1. The van der Waals surface area contributed by atoms with Crippen molar-refractivity contribution in [2.45, 2.75) is 50.6 Å². The topological polar surface area (TPSA) is 105 Å². The van der Waals surface area contributed by atoms with Gasteiger partial charge in [-0.05, 0) is 54.8 Å². The molecule has 9 nitrogen and oxygen atoms in total. The van der Waals surface area contributed by atoms with E-state index in [1.54, 1.807) is 49.4 Å². The molecule has 0 bridgehead atoms. The molecule has 0 saturated heterocycles. The molecule has 232 valence electrons. The molecule has 0 aromatic heterocycles. The highest BCUT2D eigenvalue weighted by atomic mass is 35.5. The number of rotatable bonds is 15. The quantitative estimate of drug-likeness (QED) is 0.205. The lowest BCUT2D eigenvalue weighted by atomic mass is 10.1. The van der Waals surface area contributed by atoms with E-state index in [1.807, 2.05) is 6.92 Å². The molecule has 12 heteroatoms. The number of carbonyl (C=O) groups excluding carboxylic acids is 2. The van der Waals surface area contributed by atoms with Gasteiger partial charge >= 0.3 is 0 Å². The van der Waals surface area contributed by atoms with Crippen molar-refractivity contribution in [3.63, 3.8) is 0 Å². The molecule has 0 aliphatic heterocycles. The van der Waals surface area contributed by atoms with Crippen molar-refractivity contribution in [2.24, 2.45) is 0 Å². The first-order valence-electron chi connectivity index (χ1n) is 13.9. The van der Waals surface area contributed by atoms with Crippen molar-refractivity contribution < 1.29 is 27.5 Å². The average Bonchev–Trinajstić information content (AvgIpc) is 3.01. The smallest absolute Gasteiger partial charge is 0.264 e. The van der Waals surface area contributed by atoms with Crippen LogP contribution in [-0.2, 0) is 26.2 Å². The minimum absolute atomic E-state index is 0.000580. The number of nitrogens with one attached hydrogen (secondary N) is 1. The molecule has 1 N–H and O–H groups in total. The van der Waals surface area contributed by atoms with Crippen molar-refractivity contribution in [3.05, 3.63) is 82.3 Å². The van der Waals surface area contributed by atoms with E-state index in [4.69, 9.17) is 32.7 Å². The summed E-state index contributed by atoms with van der Waals surface area (Å²) in [6.45, 7) is 3.68. The maximum Gasteiger partial charge on any atom is 0.264 e. The first kappa shape index (κ1) is 34.0. The SMILES string of the molecule is CCCCNC(=O)[C@H](CC)N(Cc1ccc(Cl)c(Cl)c1)C(=O)CN(c1ccc(OC)c(OC)c1)S(=O)(=O)c1ccccc1. The van der Waals surface area contributed by atoms with Gasteiger partial charge in [0.05, 0.1) is 34.8 Å². The summed E-state index contributed by atoms with van der Waals surface area (Å²) in [7, 11) is -1.33. The Morgan fingerprint density at radius 1 is 0.907 bits per heavy atom. The Balaban J connectivity index is 2.09. The summed E-state index contributed by atoms with van der Waals surface area (Å²) in [5.74, 6) is -0.230. The number of halogens is 2. The van der Waals surface area contributed by atoms with Gasteiger partial charge in [0, 0.05) is 19.2 Å². The van der Waals surface area contributed by atoms with Gasteiger partial charge < -0.3 is 19.7 Å². The molecular weight excluding hydrogens is 613 g/mol. The van der Waals surface area contributed by atoms with Crippen LogP contribution in [0.5, 0.6) is 11.5 Å². The summed E-state index contributed by atoms with van der Waals surface area (Å²) in [6.07, 6.45) is 1.97. The number of unbranched alkanes of at least 4 members (excludes halogenated alkanes) is 1. The molecule has 0 aliphatic carbocycles. The Bertz CT molecular complexity index is 1500. The van der Waals surface area contributed by atoms with E-state index in [0.717, 1.165) is 17.1 Å². The van der Waals surface area contributed by atoms with Gasteiger partial charge in [-0.2, -0.15) is 0 Å². The molecule has 0 aliphatic rings. The second kappa shape index (κ2) is 15.8. The summed E-state index contributed by atoms with van der Waals surface area (Å²) in [5.41, 5.74) is 0.816. The second-order valence-electron chi connectivity index (χ2n) is 9.70. The largest absolute Gasteiger partial charge is 0.493 e. The zero-order valence-corrected chi connectivity index (χ0v) is 27.0. The lowest BCUT2D eigenvalue weighted by molar-refractivity contribution is -0.140. The van der Waals surface area contributed by atoms with Crippen LogP contribution in [0.2, 0.25) is 10.0 Å². The Hall–Kier alpha value is -3.47. The summed E-state index contributed by atoms with van der Waals surface area (Å²) in [5, 5.41) is 3.55. The predicted molar refractivity (Wildman–Crippen MR) is 170 cm³/mol. The maximum atomic E-state index is 14.2. The molecule has 1 atom stereocenters. The Kier molecular flexibility index (Phi) is 12.5. The highest BCUT2D eigenvalue weighted by molar-refractivity contribution is 7.92. The zero-order valence-electron chi connectivity index (χ0n) is 24.7. The Morgan fingerprint density at radius 2 is 1.60 bits per heavy atom. The lowest BCUT2D eigenvalue weighted by Crippen LogP contribution is -2.52. The third-order valence-electron chi connectivity index (χ3n) is 6.82. The van der Waals surface area contributed by atoms with E-state index in [-0.39, 0.29) is 28.8 Å². The number of carbonyl (C=O) groups is 2. The van der Waals surface area contributed by atoms with Crippen LogP contribution in [0.3, 0.4) is 0 Å². The van der Waals surface area contributed by atoms with Crippen LogP contribution in [-0.4, -0.2) is 58.5 Å². The van der Waals surface area contributed by atoms with Gasteiger partial charge in [-0.1, -0.05) is 67.7 Å². The van der Waals surface area contributed by atoms with Crippen molar-refractivity contribution in [2.75, 3.05) is 31.6 Å². The molecule has 0 fully saturated rings. The molecule has 3 rings (SSSR count). The summed E-state index contributed by atoms with van der Waals surface area (Å²) in [4.78, 5) is 28.9. The summed E-state index contributed by atoms with van der Waals surface area (Å²) in [6, 6.07) is 16.5. The van der Waals surface area contributed by atoms with Crippen molar-refractivity contribution >= 4 is 50.7 Å². The minimum atomic E-state index is -4.23. The second-order valence-corrected chi connectivity index (χ2v) is 12.4. The highest BCUT2D eigenvalue weighted by Gasteiger charge is 2.34. The standard InChI is InChI=1S/C31H37Cl2N3O6S/c1-5-7-17-34-31(38)27(6-2)35(20-22-13-15-25(32)26(33)18-22)30(37)21-36(43(39,40)24-11-9-8-10-12-24)23-14-16-28(41-3)29(19-23)42-4/h8-16,18-19,27H,5-7,17,20-21H2,1-4H3,(H,34,38)/t27-/m0/s1. The van der Waals surface area contributed by atoms with Gasteiger partial charge in [0.2, 0.25) is 11.8 Å². The molecule has 3 aromatic carbocycles. The fourth-order valence-electron chi connectivity index (χ4n) is 4.49. The number of ether oxygens (including phenoxy) is 2. The molecule has 0 unspecified atom stereocenters. The van der Waals surface area contributed by atoms with Crippen molar-refractivity contribution in [3.8, 4) is 11.5 Å². The van der Waals surface area contributed by atoms with E-state index in [1.165, 1.54) is 43.4 Å². The lowest BCUT2D eigenvalue weighted by Gasteiger charge is -2.33. The zero-order chi connectivity index (χ0) is 31.6. The fourth-order valence-corrected chi connectivity index (χ4v) is 6.24. The van der Waals surface area contributed by atoms with Gasteiger partial charge in [0.1, 0.15) is 12.6 Å². The van der Waals surface area contributed by atoms with Crippen molar-refractivity contribution in [1.82, 2.24) is 10.2 Å². The van der Waals surface area contributed by atoms with E-state index in [0.29, 0.717) is 34.3 Å². The number of nitrogens with zero attached hydrogens (tertiary/aromatic N) is 2. The number of methoxy groups -OCH3 is 2. The van der Waals surface area contributed by atoms with Gasteiger partial charge in [0.15, 0.2) is 11.5 Å². The number of benzene rings is 3. The number of hydrogen-bond acceptors (Lipinski definition) is 6. The highest BCUT2D eigenvalue weighted by Crippen LogP contribution is 2.34. The van der Waals surface area contributed by atoms with E-state index in [2.05, 4.69) is 5.32 Å². The minimum Gasteiger partial charge on any atom is -0.493 e. The predicted octanol–water partition coefficient (Wildman–Crippen LogP) is 5.93. The molecule has 2 amide bonds. The van der Waals surface area contributed by atoms with Gasteiger partial charge in [0.25, 0.3) is 10.0 Å². The van der Waals surface area contributed by atoms with Crippen LogP contribution in [0.1, 0.15) is 38.7 Å². The average molecular weight is 651 g/mol. The number of amides is 2. The van der Waals surface area contributed by atoms with Crippen LogP contribution in [0, 0.1) is 0 Å². The summed E-state index contributed by atoms with van der Waals surface area (Å²) < 4.78 is 39.8. The van der Waals surface area contributed by atoms with Gasteiger partial charge in [-0.25, -0.2) is 8.42 Å². The van der Waals surface area contributed by atoms with E-state index < -0.39 is 28.5 Å². The third kappa shape index (κ3) is 8.55. The van der Waals surface area contributed by atoms with Gasteiger partial charge in [-0.15, -0.1) is 0 Å². The first-order valence-corrected chi connectivity index (χ1v) is 16.1. The van der Waals surface area contributed by atoms with Crippen molar-refractivity contribution in [1.29, 1.82) is 0 Å². The molecule has 0 saturated carbocycles. The molecule has 0 radical (unpaired) electrons. The van der Waals surface area contributed by atoms with Crippen LogP contribution >= 0.6 is 23.2 Å². The normalized spacial score (nSPS) is 11.9. The van der Waals surface area contributed by atoms with Crippen LogP contribution in [0.4, 0.5) is 5.69 Å². The summed E-state index contributed by atoms with van der Waals surface area (Å²) >= 11 is 12.4. The fraction of sp³-hybridized carbons (Fsp3) is 0.355. The van der Waals surface area contributed by atoms with Crippen LogP contribution < -0.4 is 19.1 Å². The van der Waals surface area contributed by atoms with Gasteiger partial charge in [-0.3, -0.25) is 13.9 Å². The molecule has 0 heterocycles. The van der Waals surface area contributed by atoms with E-state index in [9.17, 15) is 18.0 Å². The third-order valence-corrected chi connectivity index (χ3v) is 9.34. The maximum absolute atomic E-state index is 14.2.